The Morgan fingerprint density at radius 2 is 1.96 bits per heavy atom. The molecule has 1 aromatic heterocycles. The first-order valence-corrected chi connectivity index (χ1v) is 8.88. The average Bonchev–Trinajstić information content (AvgIpc) is 2.91. The van der Waals surface area contributed by atoms with Gasteiger partial charge < -0.3 is 15.5 Å². The van der Waals surface area contributed by atoms with E-state index in [4.69, 9.17) is 0 Å². The summed E-state index contributed by atoms with van der Waals surface area (Å²) >= 11 is 1.94. The molecule has 1 aromatic carbocycles. The van der Waals surface area contributed by atoms with Crippen LogP contribution in [0, 0.1) is 0 Å². The molecule has 3 nitrogen and oxygen atoms in total. The maximum Gasteiger partial charge on any atom is 0.157 e. The Balaban J connectivity index is 0.00000156. The minimum atomic E-state index is -0.00291. The molecule has 0 spiro atoms. The fourth-order valence-corrected chi connectivity index (χ4v) is 5.36. The summed E-state index contributed by atoms with van der Waals surface area (Å²) in [6.07, 6.45) is 4.36. The number of aryl methyl sites for hydroxylation is 2. The lowest BCUT2D eigenvalue weighted by Crippen LogP contribution is -2.41. The maximum atomic E-state index is 9.94. The van der Waals surface area contributed by atoms with Crippen LogP contribution in [-0.2, 0) is 19.4 Å². The van der Waals surface area contributed by atoms with Crippen molar-refractivity contribution in [2.24, 2.45) is 0 Å². The minimum Gasteiger partial charge on any atom is -0.504 e. The Morgan fingerprint density at radius 1 is 1.17 bits per heavy atom. The van der Waals surface area contributed by atoms with Crippen LogP contribution in [0.3, 0.4) is 0 Å². The summed E-state index contributed by atoms with van der Waals surface area (Å²) in [5.74, 6) is 0.311. The number of nitrogens with one attached hydrogen (secondary N) is 1. The molecule has 23 heavy (non-hydrogen) atoms. The van der Waals surface area contributed by atoms with Gasteiger partial charge in [0.15, 0.2) is 11.5 Å². The standard InChI is InChI=1S/C18H21NO2S.ClH/c1-2-3-12-6-11-9-19-14-5-4-10-7-15(20)16(21)8-13(10)17(14)18(11)22-12;/h6-8,14,17,19-21H,2-5,9H2,1H3;1H/t14-,17-;/m0./s1. The Hall–Kier alpha value is -1.23. The highest BCUT2D eigenvalue weighted by molar-refractivity contribution is 7.12. The number of benzene rings is 1. The van der Waals surface area contributed by atoms with E-state index in [0.717, 1.165) is 25.8 Å². The smallest absolute Gasteiger partial charge is 0.157 e. The Morgan fingerprint density at radius 3 is 2.74 bits per heavy atom. The van der Waals surface area contributed by atoms with Crippen molar-refractivity contribution in [1.29, 1.82) is 0 Å². The van der Waals surface area contributed by atoms with Crippen molar-refractivity contribution in [3.05, 3.63) is 44.6 Å². The van der Waals surface area contributed by atoms with Crippen molar-refractivity contribution < 1.29 is 10.2 Å². The lowest BCUT2D eigenvalue weighted by molar-refractivity contribution is 0.383. The van der Waals surface area contributed by atoms with E-state index in [9.17, 15) is 10.2 Å². The summed E-state index contributed by atoms with van der Waals surface area (Å²) in [4.78, 5) is 2.92. The molecule has 2 aromatic rings. The van der Waals surface area contributed by atoms with Crippen LogP contribution in [0.5, 0.6) is 11.5 Å². The average molecular weight is 352 g/mol. The molecule has 0 bridgehead atoms. The van der Waals surface area contributed by atoms with E-state index < -0.39 is 0 Å². The van der Waals surface area contributed by atoms with E-state index >= 15 is 0 Å². The molecular weight excluding hydrogens is 330 g/mol. The van der Waals surface area contributed by atoms with Gasteiger partial charge in [-0.15, -0.1) is 23.7 Å². The Kier molecular flexibility index (Phi) is 4.59. The van der Waals surface area contributed by atoms with Crippen molar-refractivity contribution in [1.82, 2.24) is 5.32 Å². The monoisotopic (exact) mass is 351 g/mol. The fourth-order valence-electron chi connectivity index (χ4n) is 3.89. The zero-order chi connectivity index (χ0) is 15.3. The van der Waals surface area contributed by atoms with Gasteiger partial charge in [0.05, 0.1) is 0 Å². The van der Waals surface area contributed by atoms with Crippen molar-refractivity contribution in [3.8, 4) is 11.5 Å². The molecule has 1 aliphatic carbocycles. The topological polar surface area (TPSA) is 52.5 Å². The summed E-state index contributed by atoms with van der Waals surface area (Å²) in [7, 11) is 0. The lowest BCUT2D eigenvalue weighted by atomic mass is 9.75. The quantitative estimate of drug-likeness (QED) is 0.714. The second kappa shape index (κ2) is 6.34. The number of rotatable bonds is 2. The number of aromatic hydroxyl groups is 2. The highest BCUT2D eigenvalue weighted by atomic mass is 35.5. The summed E-state index contributed by atoms with van der Waals surface area (Å²) in [6.45, 7) is 3.17. The van der Waals surface area contributed by atoms with Crippen molar-refractivity contribution in [3.63, 3.8) is 0 Å². The van der Waals surface area contributed by atoms with E-state index in [1.807, 2.05) is 11.3 Å². The molecule has 2 aliphatic rings. The number of hydrogen-bond donors (Lipinski definition) is 3. The molecule has 2 atom stereocenters. The van der Waals surface area contributed by atoms with Gasteiger partial charge in [-0.25, -0.2) is 0 Å². The normalized spacial score (nSPS) is 21.8. The van der Waals surface area contributed by atoms with E-state index in [2.05, 4.69) is 18.3 Å². The molecule has 0 fully saturated rings. The Labute approximate surface area is 146 Å². The second-order valence-corrected chi connectivity index (χ2v) is 7.56. The van der Waals surface area contributed by atoms with Crippen LogP contribution < -0.4 is 5.32 Å². The predicted octanol–water partition coefficient (Wildman–Crippen LogP) is 4.08. The highest BCUT2D eigenvalue weighted by Crippen LogP contribution is 2.46. The first-order valence-electron chi connectivity index (χ1n) is 8.07. The van der Waals surface area contributed by atoms with Crippen LogP contribution in [0.25, 0.3) is 0 Å². The lowest BCUT2D eigenvalue weighted by Gasteiger charge is -2.38. The van der Waals surface area contributed by atoms with E-state index in [-0.39, 0.29) is 23.9 Å². The van der Waals surface area contributed by atoms with Crippen LogP contribution >= 0.6 is 23.7 Å². The zero-order valence-corrected chi connectivity index (χ0v) is 14.8. The third-order valence-electron chi connectivity index (χ3n) is 4.92. The maximum absolute atomic E-state index is 9.94. The molecular formula is C18H22ClNO2S. The van der Waals surface area contributed by atoms with Crippen LogP contribution in [-0.4, -0.2) is 16.3 Å². The molecule has 124 valence electrons. The van der Waals surface area contributed by atoms with Crippen molar-refractivity contribution in [2.45, 2.75) is 51.1 Å². The molecule has 5 heteroatoms. The van der Waals surface area contributed by atoms with E-state index in [0.29, 0.717) is 12.0 Å². The van der Waals surface area contributed by atoms with Gasteiger partial charge in [0.2, 0.25) is 0 Å². The number of phenols is 2. The van der Waals surface area contributed by atoms with Gasteiger partial charge in [-0.05, 0) is 54.2 Å². The van der Waals surface area contributed by atoms with Gasteiger partial charge in [-0.3, -0.25) is 0 Å². The molecule has 0 saturated carbocycles. The molecule has 1 aliphatic heterocycles. The third kappa shape index (κ3) is 2.73. The zero-order valence-electron chi connectivity index (χ0n) is 13.1. The number of phenolic OH excluding ortho intramolecular Hbond substituents is 2. The Bertz CT molecular complexity index is 728. The van der Waals surface area contributed by atoms with Gasteiger partial charge in [0.25, 0.3) is 0 Å². The minimum absolute atomic E-state index is 0. The molecule has 0 unspecified atom stereocenters. The number of halogens is 1. The second-order valence-electron chi connectivity index (χ2n) is 6.40. The summed E-state index contributed by atoms with van der Waals surface area (Å²) < 4.78 is 0. The molecule has 0 saturated heterocycles. The molecule has 2 heterocycles. The van der Waals surface area contributed by atoms with Gasteiger partial charge in [0.1, 0.15) is 0 Å². The van der Waals surface area contributed by atoms with Gasteiger partial charge >= 0.3 is 0 Å². The first kappa shape index (κ1) is 16.6. The third-order valence-corrected chi connectivity index (χ3v) is 6.25. The highest BCUT2D eigenvalue weighted by Gasteiger charge is 2.36. The summed E-state index contributed by atoms with van der Waals surface area (Å²) in [5.41, 5.74) is 3.77. The molecule has 4 rings (SSSR count). The summed E-state index contributed by atoms with van der Waals surface area (Å²) in [5, 5.41) is 23.4. The van der Waals surface area contributed by atoms with Crippen LogP contribution in [0.2, 0.25) is 0 Å². The number of hydrogen-bond acceptors (Lipinski definition) is 4. The molecule has 0 amide bonds. The van der Waals surface area contributed by atoms with E-state index in [1.54, 1.807) is 12.1 Å². The van der Waals surface area contributed by atoms with Gasteiger partial charge in [-0.2, -0.15) is 0 Å². The predicted molar refractivity (Wildman–Crippen MR) is 96.1 cm³/mol. The van der Waals surface area contributed by atoms with Crippen molar-refractivity contribution >= 4 is 23.7 Å². The summed E-state index contributed by atoms with van der Waals surface area (Å²) in [6, 6.07) is 6.31. The van der Waals surface area contributed by atoms with Crippen molar-refractivity contribution in [2.75, 3.05) is 0 Å². The van der Waals surface area contributed by atoms with Crippen LogP contribution in [0.4, 0.5) is 0 Å². The van der Waals surface area contributed by atoms with Crippen LogP contribution in [0.15, 0.2) is 18.2 Å². The van der Waals surface area contributed by atoms with E-state index in [1.165, 1.54) is 32.9 Å². The fraction of sp³-hybridized carbons (Fsp3) is 0.444. The van der Waals surface area contributed by atoms with Gasteiger partial charge in [-0.1, -0.05) is 13.3 Å². The first-order chi connectivity index (χ1) is 10.7. The number of thiophene rings is 1. The SMILES string of the molecule is CCCc1cc2c(s1)[C@H]1c3cc(O)c(O)cc3CC[C@@H]1NC2.Cl. The van der Waals surface area contributed by atoms with Crippen LogP contribution in [0.1, 0.15) is 52.1 Å². The number of fused-ring (bicyclic) bond motifs is 5. The molecule has 3 N–H and O–H groups in total. The largest absolute Gasteiger partial charge is 0.504 e. The van der Waals surface area contributed by atoms with Gasteiger partial charge in [0, 0.05) is 28.3 Å². The molecule has 0 radical (unpaired) electrons.